The third kappa shape index (κ3) is 4.17. The van der Waals surface area contributed by atoms with Crippen molar-refractivity contribution < 1.29 is 9.47 Å². The van der Waals surface area contributed by atoms with Gasteiger partial charge in [0.05, 0.1) is 25.6 Å². The Bertz CT molecular complexity index is 1110. The highest BCUT2D eigenvalue weighted by Gasteiger charge is 2.11. The van der Waals surface area contributed by atoms with Crippen LogP contribution in [0.2, 0.25) is 5.02 Å². The van der Waals surface area contributed by atoms with Crippen LogP contribution < -0.4 is 9.47 Å². The summed E-state index contributed by atoms with van der Waals surface area (Å²) in [5, 5.41) is 0.702. The summed E-state index contributed by atoms with van der Waals surface area (Å²) >= 11 is 6.08. The predicted molar refractivity (Wildman–Crippen MR) is 123 cm³/mol. The van der Waals surface area contributed by atoms with Gasteiger partial charge in [0, 0.05) is 16.1 Å². The van der Waals surface area contributed by atoms with Gasteiger partial charge < -0.3 is 9.47 Å². The lowest BCUT2D eigenvalue weighted by Gasteiger charge is -2.13. The van der Waals surface area contributed by atoms with Gasteiger partial charge in [0.25, 0.3) is 0 Å². The van der Waals surface area contributed by atoms with Crippen LogP contribution in [0.5, 0.6) is 11.5 Å². The number of methoxy groups -OCH3 is 2. The van der Waals surface area contributed by atoms with E-state index in [0.717, 1.165) is 33.6 Å². The zero-order valence-electron chi connectivity index (χ0n) is 17.1. The van der Waals surface area contributed by atoms with Crippen molar-refractivity contribution in [3.63, 3.8) is 0 Å². The van der Waals surface area contributed by atoms with Crippen LogP contribution in [0.4, 0.5) is 0 Å². The number of halogens is 1. The molecule has 0 bridgehead atoms. The Labute approximate surface area is 181 Å². The average Bonchev–Trinajstić information content (AvgIpc) is 2.79. The Morgan fingerprint density at radius 2 is 1.13 bits per heavy atom. The van der Waals surface area contributed by atoms with Crippen LogP contribution in [0, 0.1) is 6.92 Å². The molecule has 0 radical (unpaired) electrons. The Balaban J connectivity index is 1.89. The first-order chi connectivity index (χ1) is 14.6. The molecule has 0 aliphatic carbocycles. The molecule has 4 aromatic rings. The van der Waals surface area contributed by atoms with E-state index in [2.05, 4.69) is 43.3 Å². The normalized spacial score (nSPS) is 10.7. The Kier molecular flexibility index (Phi) is 5.73. The van der Waals surface area contributed by atoms with Crippen LogP contribution in [-0.2, 0) is 0 Å². The van der Waals surface area contributed by atoms with Crippen LogP contribution in [0.25, 0.3) is 33.6 Å². The summed E-state index contributed by atoms with van der Waals surface area (Å²) in [6, 6.07) is 26.3. The SMILES string of the molecule is COc1ccc(-c2cc(-c3ccc(C)cc3)nc(-c3ccc(Cl)cc3)c2)cc1OC. The molecule has 0 saturated carbocycles. The Morgan fingerprint density at radius 3 is 1.70 bits per heavy atom. The molecule has 0 unspecified atom stereocenters. The van der Waals surface area contributed by atoms with Crippen molar-refractivity contribution in [2.24, 2.45) is 0 Å². The number of nitrogens with zero attached hydrogens (tertiary/aromatic N) is 1. The van der Waals surface area contributed by atoms with E-state index in [1.165, 1.54) is 5.56 Å². The summed E-state index contributed by atoms with van der Waals surface area (Å²) in [4.78, 5) is 4.94. The van der Waals surface area contributed by atoms with Gasteiger partial charge in [-0.3, -0.25) is 0 Å². The molecule has 1 heterocycles. The van der Waals surface area contributed by atoms with E-state index in [9.17, 15) is 0 Å². The van der Waals surface area contributed by atoms with Gasteiger partial charge in [-0.2, -0.15) is 0 Å². The highest BCUT2D eigenvalue weighted by atomic mass is 35.5. The van der Waals surface area contributed by atoms with E-state index in [0.29, 0.717) is 16.5 Å². The molecule has 0 spiro atoms. The summed E-state index contributed by atoms with van der Waals surface area (Å²) in [5.41, 5.74) is 7.16. The molecule has 1 aromatic heterocycles. The maximum absolute atomic E-state index is 6.08. The van der Waals surface area contributed by atoms with Gasteiger partial charge in [-0.15, -0.1) is 0 Å². The largest absolute Gasteiger partial charge is 0.493 e. The van der Waals surface area contributed by atoms with E-state index in [1.54, 1.807) is 14.2 Å². The molecule has 0 aliphatic heterocycles. The average molecular weight is 416 g/mol. The molecule has 0 saturated heterocycles. The number of benzene rings is 3. The fraction of sp³-hybridized carbons (Fsp3) is 0.115. The van der Waals surface area contributed by atoms with Gasteiger partial charge in [-0.25, -0.2) is 4.98 Å². The molecular weight excluding hydrogens is 394 g/mol. The van der Waals surface area contributed by atoms with Crippen LogP contribution in [0.15, 0.2) is 78.9 Å². The second kappa shape index (κ2) is 8.60. The number of hydrogen-bond acceptors (Lipinski definition) is 3. The van der Waals surface area contributed by atoms with Crippen molar-refractivity contribution in [3.8, 4) is 45.1 Å². The topological polar surface area (TPSA) is 31.4 Å². The van der Waals surface area contributed by atoms with Crippen LogP contribution in [-0.4, -0.2) is 19.2 Å². The second-order valence-corrected chi connectivity index (χ2v) is 7.51. The molecule has 150 valence electrons. The third-order valence-corrected chi connectivity index (χ3v) is 5.28. The molecule has 0 aliphatic rings. The van der Waals surface area contributed by atoms with Gasteiger partial charge >= 0.3 is 0 Å². The molecule has 3 nitrogen and oxygen atoms in total. The third-order valence-electron chi connectivity index (χ3n) is 5.03. The highest BCUT2D eigenvalue weighted by Crippen LogP contribution is 2.35. The van der Waals surface area contributed by atoms with E-state index in [1.807, 2.05) is 42.5 Å². The molecule has 4 rings (SSSR count). The van der Waals surface area contributed by atoms with Crippen molar-refractivity contribution in [1.29, 1.82) is 0 Å². The van der Waals surface area contributed by atoms with Crippen LogP contribution in [0.1, 0.15) is 5.56 Å². The predicted octanol–water partition coefficient (Wildman–Crippen LogP) is 7.06. The second-order valence-electron chi connectivity index (χ2n) is 7.07. The lowest BCUT2D eigenvalue weighted by atomic mass is 9.99. The van der Waals surface area contributed by atoms with Gasteiger partial charge in [-0.05, 0) is 54.4 Å². The van der Waals surface area contributed by atoms with Gasteiger partial charge in [0.1, 0.15) is 0 Å². The molecule has 0 atom stereocenters. The molecule has 3 aromatic carbocycles. The van der Waals surface area contributed by atoms with E-state index in [-0.39, 0.29) is 0 Å². The molecule has 4 heteroatoms. The minimum Gasteiger partial charge on any atom is -0.493 e. The van der Waals surface area contributed by atoms with Crippen molar-refractivity contribution >= 4 is 11.6 Å². The number of hydrogen-bond donors (Lipinski definition) is 0. The van der Waals surface area contributed by atoms with Gasteiger partial charge in [0.15, 0.2) is 11.5 Å². The molecule has 30 heavy (non-hydrogen) atoms. The van der Waals surface area contributed by atoms with Gasteiger partial charge in [0.2, 0.25) is 0 Å². The number of ether oxygens (including phenoxy) is 2. The molecule has 0 fully saturated rings. The van der Waals surface area contributed by atoms with Gasteiger partial charge in [-0.1, -0.05) is 59.6 Å². The minimum absolute atomic E-state index is 0.691. The van der Waals surface area contributed by atoms with E-state index in [4.69, 9.17) is 26.1 Å². The first-order valence-electron chi connectivity index (χ1n) is 9.65. The number of rotatable bonds is 5. The number of aromatic nitrogens is 1. The fourth-order valence-electron chi connectivity index (χ4n) is 3.35. The number of pyridine rings is 1. The highest BCUT2D eigenvalue weighted by molar-refractivity contribution is 6.30. The zero-order chi connectivity index (χ0) is 21.1. The van der Waals surface area contributed by atoms with E-state index < -0.39 is 0 Å². The summed E-state index contributed by atoms with van der Waals surface area (Å²) < 4.78 is 10.9. The molecule has 0 amide bonds. The Morgan fingerprint density at radius 1 is 0.600 bits per heavy atom. The smallest absolute Gasteiger partial charge is 0.161 e. The Hall–Kier alpha value is -3.30. The maximum atomic E-state index is 6.08. The standard InChI is InChI=1S/C26H22ClNO2/c1-17-4-6-18(7-5-17)23-14-21(20-10-13-25(29-2)26(16-20)30-3)15-24(28-23)19-8-11-22(27)12-9-19/h4-16H,1-3H3. The lowest BCUT2D eigenvalue weighted by Crippen LogP contribution is -1.93. The minimum atomic E-state index is 0.691. The zero-order valence-corrected chi connectivity index (χ0v) is 17.9. The molecular formula is C26H22ClNO2. The van der Waals surface area contributed by atoms with Crippen LogP contribution >= 0.6 is 11.6 Å². The number of aryl methyl sites for hydroxylation is 1. The van der Waals surface area contributed by atoms with Crippen molar-refractivity contribution in [2.75, 3.05) is 14.2 Å². The van der Waals surface area contributed by atoms with E-state index >= 15 is 0 Å². The molecule has 0 N–H and O–H groups in total. The summed E-state index contributed by atoms with van der Waals surface area (Å²) in [6.45, 7) is 2.08. The monoisotopic (exact) mass is 415 g/mol. The first kappa shape index (κ1) is 20.0. The quantitative estimate of drug-likeness (QED) is 0.349. The van der Waals surface area contributed by atoms with Crippen LogP contribution in [0.3, 0.4) is 0 Å². The van der Waals surface area contributed by atoms with Crippen molar-refractivity contribution in [3.05, 3.63) is 89.4 Å². The first-order valence-corrected chi connectivity index (χ1v) is 10.0. The lowest BCUT2D eigenvalue weighted by molar-refractivity contribution is 0.355. The summed E-state index contributed by atoms with van der Waals surface area (Å²) in [7, 11) is 3.28. The maximum Gasteiger partial charge on any atom is 0.161 e. The fourth-order valence-corrected chi connectivity index (χ4v) is 3.48. The van der Waals surface area contributed by atoms with Crippen molar-refractivity contribution in [1.82, 2.24) is 4.98 Å². The summed E-state index contributed by atoms with van der Waals surface area (Å²) in [6.07, 6.45) is 0. The van der Waals surface area contributed by atoms with Crippen molar-refractivity contribution in [2.45, 2.75) is 6.92 Å². The summed E-state index contributed by atoms with van der Waals surface area (Å²) in [5.74, 6) is 1.39.